The molecule has 1 amide bonds. The van der Waals surface area contributed by atoms with Gasteiger partial charge in [-0.05, 0) is 33.6 Å². The van der Waals surface area contributed by atoms with Crippen LogP contribution in [0.3, 0.4) is 0 Å². The number of rotatable bonds is 2. The van der Waals surface area contributed by atoms with Gasteiger partial charge in [0.1, 0.15) is 11.2 Å². The van der Waals surface area contributed by atoms with Crippen LogP contribution in [0.1, 0.15) is 39.2 Å². The molecule has 0 aromatic carbocycles. The van der Waals surface area contributed by atoms with Crippen molar-refractivity contribution in [3.8, 4) is 0 Å². The second kappa shape index (κ2) is 7.06. The van der Waals surface area contributed by atoms with Gasteiger partial charge < -0.3 is 25.7 Å². The van der Waals surface area contributed by atoms with Gasteiger partial charge >= 0.3 is 12.3 Å². The van der Waals surface area contributed by atoms with Gasteiger partial charge in [0.2, 0.25) is 0 Å². The van der Waals surface area contributed by atoms with Crippen LogP contribution in [0.25, 0.3) is 11.0 Å². The Kier molecular flexibility index (Phi) is 5.07. The van der Waals surface area contributed by atoms with Gasteiger partial charge in [-0.15, -0.1) is 0 Å². The molecular weight excluding hydrogens is 375 g/mol. The molecule has 154 valence electrons. The molecule has 2 aromatic rings. The normalized spacial score (nSPS) is 18.4. The zero-order chi connectivity index (χ0) is 20.7. The van der Waals surface area contributed by atoms with E-state index in [2.05, 4.69) is 15.3 Å². The van der Waals surface area contributed by atoms with E-state index in [4.69, 9.17) is 10.5 Å². The number of fused-ring (bicyclic) bond motifs is 1. The van der Waals surface area contributed by atoms with Crippen molar-refractivity contribution in [2.24, 2.45) is 0 Å². The van der Waals surface area contributed by atoms with Crippen LogP contribution in [0, 0.1) is 0 Å². The Morgan fingerprint density at radius 2 is 2.11 bits per heavy atom. The molecule has 3 heterocycles. The number of hydrogen-bond acceptors (Lipinski definition) is 5. The molecule has 0 spiro atoms. The Morgan fingerprint density at radius 3 is 2.75 bits per heavy atom. The molecule has 4 N–H and O–H groups in total. The number of hydrogen-bond donors (Lipinski definition) is 3. The average molecular weight is 399 g/mol. The number of nitrogens with two attached hydrogens (primary N) is 1. The van der Waals surface area contributed by atoms with Crippen molar-refractivity contribution in [2.45, 2.75) is 51.4 Å². The van der Waals surface area contributed by atoms with Gasteiger partial charge in [-0.25, -0.2) is 9.78 Å². The maximum absolute atomic E-state index is 13.7. The number of amides is 1. The second-order valence-corrected chi connectivity index (χ2v) is 7.92. The highest BCUT2D eigenvalue weighted by Gasteiger charge is 2.38. The minimum absolute atomic E-state index is 0.00746. The predicted octanol–water partition coefficient (Wildman–Crippen LogP) is 3.66. The number of nitrogen functional groups attached to an aromatic ring is 1. The Balaban J connectivity index is 1.91. The highest BCUT2D eigenvalue weighted by molar-refractivity contribution is 6.01. The number of pyridine rings is 1. The first-order chi connectivity index (χ1) is 13.0. The summed E-state index contributed by atoms with van der Waals surface area (Å²) in [4.78, 5) is 20.3. The lowest BCUT2D eigenvalue weighted by molar-refractivity contribution is -0.137. The summed E-state index contributed by atoms with van der Waals surface area (Å²) in [7, 11) is 0. The third-order valence-electron chi connectivity index (χ3n) is 4.47. The predicted molar refractivity (Wildman–Crippen MR) is 100 cm³/mol. The van der Waals surface area contributed by atoms with Crippen LogP contribution in [-0.2, 0) is 10.9 Å². The number of piperidine rings is 1. The third kappa shape index (κ3) is 4.26. The quantitative estimate of drug-likeness (QED) is 0.716. The Hall–Kier alpha value is -2.65. The molecular formula is C18H24F3N5O2. The van der Waals surface area contributed by atoms with Crippen LogP contribution >= 0.6 is 0 Å². The number of H-pyrrole nitrogens is 1. The summed E-state index contributed by atoms with van der Waals surface area (Å²) in [6.45, 7) is 5.87. The molecule has 0 aliphatic carbocycles. The zero-order valence-corrected chi connectivity index (χ0v) is 16.0. The lowest BCUT2D eigenvalue weighted by atomic mass is 10.0. The Bertz CT molecular complexity index is 872. The van der Waals surface area contributed by atoms with Crippen LogP contribution < -0.4 is 16.0 Å². The van der Waals surface area contributed by atoms with Crippen molar-refractivity contribution in [3.63, 3.8) is 0 Å². The number of ether oxygens (including phenoxy) is 1. The van der Waals surface area contributed by atoms with Gasteiger partial charge in [-0.3, -0.25) is 0 Å². The number of alkyl halides is 3. The van der Waals surface area contributed by atoms with Crippen molar-refractivity contribution in [3.05, 3.63) is 18.0 Å². The summed E-state index contributed by atoms with van der Waals surface area (Å²) in [5.74, 6) is 0. The van der Waals surface area contributed by atoms with E-state index >= 15 is 0 Å². The van der Waals surface area contributed by atoms with Crippen molar-refractivity contribution in [2.75, 3.05) is 23.7 Å². The molecule has 2 aromatic heterocycles. The summed E-state index contributed by atoms with van der Waals surface area (Å²) >= 11 is 0. The van der Waals surface area contributed by atoms with Gasteiger partial charge in [0.05, 0.1) is 22.3 Å². The van der Waals surface area contributed by atoms with E-state index in [-0.39, 0.29) is 29.3 Å². The fraction of sp³-hybridized carbons (Fsp3) is 0.556. The SMILES string of the molecule is CC(C)(C)OC(=O)NC1CCCN(c2c(C(F)(F)F)cnc3[nH]cc(N)c23)C1. The highest BCUT2D eigenvalue weighted by Crippen LogP contribution is 2.42. The van der Waals surface area contributed by atoms with Gasteiger partial charge in [0.25, 0.3) is 0 Å². The summed E-state index contributed by atoms with van der Waals surface area (Å²) in [5, 5.41) is 2.99. The van der Waals surface area contributed by atoms with E-state index in [1.807, 2.05) is 0 Å². The Labute approximate surface area is 160 Å². The van der Waals surface area contributed by atoms with E-state index in [1.54, 1.807) is 25.7 Å². The standard InChI is InChI=1S/C18H24F3N5O2/c1-17(2,3)28-16(27)25-10-5-4-6-26(9-10)14-11(18(19,20)21)7-23-15-13(14)12(22)8-24-15/h7-8,10H,4-6,9,22H2,1-3H3,(H,23,24)(H,25,27). The molecule has 1 fully saturated rings. The first kappa shape index (κ1) is 20.1. The molecule has 7 nitrogen and oxygen atoms in total. The lowest BCUT2D eigenvalue weighted by Crippen LogP contribution is -2.49. The monoisotopic (exact) mass is 399 g/mol. The smallest absolute Gasteiger partial charge is 0.419 e. The van der Waals surface area contributed by atoms with E-state index in [1.165, 1.54) is 6.20 Å². The van der Waals surface area contributed by atoms with Gasteiger partial charge in [0.15, 0.2) is 0 Å². The fourth-order valence-electron chi connectivity index (χ4n) is 3.41. The number of carbonyl (C=O) groups excluding carboxylic acids is 1. The van der Waals surface area contributed by atoms with Gasteiger partial charge in [0, 0.05) is 31.5 Å². The van der Waals surface area contributed by atoms with Gasteiger partial charge in [-0.2, -0.15) is 13.2 Å². The second-order valence-electron chi connectivity index (χ2n) is 7.92. The Morgan fingerprint density at radius 1 is 1.39 bits per heavy atom. The third-order valence-corrected chi connectivity index (χ3v) is 4.47. The molecule has 0 bridgehead atoms. The number of alkyl carbamates (subject to hydrolysis) is 1. The lowest BCUT2D eigenvalue weighted by Gasteiger charge is -2.36. The molecule has 1 atom stereocenters. The number of carbonyl (C=O) groups is 1. The molecule has 1 aliphatic heterocycles. The first-order valence-electron chi connectivity index (χ1n) is 9.03. The summed E-state index contributed by atoms with van der Waals surface area (Å²) in [5.41, 5.74) is 4.91. The zero-order valence-electron chi connectivity index (χ0n) is 16.0. The molecule has 1 saturated heterocycles. The minimum atomic E-state index is -4.58. The van der Waals surface area contributed by atoms with E-state index in [0.29, 0.717) is 25.0 Å². The van der Waals surface area contributed by atoms with Crippen molar-refractivity contribution >= 4 is 28.5 Å². The number of halogens is 3. The molecule has 1 unspecified atom stereocenters. The van der Waals surface area contributed by atoms with Crippen LogP contribution in [0.4, 0.5) is 29.3 Å². The first-order valence-corrected chi connectivity index (χ1v) is 9.03. The maximum atomic E-state index is 13.7. The molecule has 1 aliphatic rings. The van der Waals surface area contributed by atoms with Crippen molar-refractivity contribution in [1.82, 2.24) is 15.3 Å². The minimum Gasteiger partial charge on any atom is -0.444 e. The number of anilines is 2. The summed E-state index contributed by atoms with van der Waals surface area (Å²) in [6, 6.07) is -0.340. The van der Waals surface area contributed by atoms with Crippen LogP contribution in [0.5, 0.6) is 0 Å². The molecule has 0 radical (unpaired) electrons. The topological polar surface area (TPSA) is 96.3 Å². The molecule has 10 heteroatoms. The van der Waals surface area contributed by atoms with E-state index < -0.39 is 23.4 Å². The maximum Gasteiger partial charge on any atom is 0.419 e. The van der Waals surface area contributed by atoms with Crippen molar-refractivity contribution in [1.29, 1.82) is 0 Å². The number of aromatic nitrogens is 2. The molecule has 0 saturated carbocycles. The van der Waals surface area contributed by atoms with E-state index in [9.17, 15) is 18.0 Å². The molecule has 28 heavy (non-hydrogen) atoms. The average Bonchev–Trinajstić information content (AvgIpc) is 2.93. The number of nitrogens with zero attached hydrogens (tertiary/aromatic N) is 2. The number of aromatic amines is 1. The number of nitrogens with one attached hydrogen (secondary N) is 2. The summed E-state index contributed by atoms with van der Waals surface area (Å²) in [6.07, 6.45) is -1.65. The molecule has 3 rings (SSSR count). The van der Waals surface area contributed by atoms with Gasteiger partial charge in [-0.1, -0.05) is 0 Å². The summed E-state index contributed by atoms with van der Waals surface area (Å²) < 4.78 is 46.2. The van der Waals surface area contributed by atoms with Crippen molar-refractivity contribution < 1.29 is 22.7 Å². The van der Waals surface area contributed by atoms with Crippen LogP contribution in [0.2, 0.25) is 0 Å². The fourth-order valence-corrected chi connectivity index (χ4v) is 3.41. The van der Waals surface area contributed by atoms with Crippen LogP contribution in [0.15, 0.2) is 12.4 Å². The van der Waals surface area contributed by atoms with Crippen LogP contribution in [-0.4, -0.2) is 40.8 Å². The largest absolute Gasteiger partial charge is 0.444 e. The van der Waals surface area contributed by atoms with E-state index in [0.717, 1.165) is 6.20 Å². The highest BCUT2D eigenvalue weighted by atomic mass is 19.4.